The molecule has 6 nitrogen and oxygen atoms in total. The minimum absolute atomic E-state index is 0.171. The molecule has 0 spiro atoms. The molecule has 3 aliphatic rings. The Hall–Kier alpha value is -1.97. The van der Waals surface area contributed by atoms with Gasteiger partial charge in [0, 0.05) is 37.1 Å². The van der Waals surface area contributed by atoms with E-state index >= 15 is 0 Å². The summed E-state index contributed by atoms with van der Waals surface area (Å²) in [4.78, 5) is 10.4. The van der Waals surface area contributed by atoms with Crippen molar-refractivity contribution in [2.45, 2.75) is 45.1 Å². The van der Waals surface area contributed by atoms with Gasteiger partial charge in [0.25, 0.3) is 5.92 Å². The molecule has 30 heavy (non-hydrogen) atoms. The second-order valence-electron chi connectivity index (χ2n) is 7.12. The van der Waals surface area contributed by atoms with Crippen molar-refractivity contribution in [3.8, 4) is 17.0 Å². The maximum Gasteiger partial charge on any atom is 0.290 e. The first-order valence-corrected chi connectivity index (χ1v) is 11.4. The minimum Gasteiger partial charge on any atom is -0.493 e. The van der Waals surface area contributed by atoms with Crippen molar-refractivity contribution >= 4 is 17.9 Å². The fourth-order valence-corrected chi connectivity index (χ4v) is 3.72. The van der Waals surface area contributed by atoms with Crippen molar-refractivity contribution in [1.29, 1.82) is 0 Å². The summed E-state index contributed by atoms with van der Waals surface area (Å²) >= 11 is 1.25. The fourth-order valence-electron chi connectivity index (χ4n) is 3.72. The zero-order chi connectivity index (χ0) is 21.9. The quantitative estimate of drug-likeness (QED) is 0.694. The number of benzene rings is 1. The Balaban J connectivity index is 0.000000473. The molecule has 0 atom stereocenters. The van der Waals surface area contributed by atoms with Crippen LogP contribution in [0.2, 0.25) is 0 Å². The van der Waals surface area contributed by atoms with E-state index in [1.807, 2.05) is 38.3 Å². The Morgan fingerprint density at radius 2 is 1.93 bits per heavy atom. The van der Waals surface area contributed by atoms with E-state index in [2.05, 4.69) is 9.97 Å². The van der Waals surface area contributed by atoms with Gasteiger partial charge in [0.1, 0.15) is 11.4 Å². The summed E-state index contributed by atoms with van der Waals surface area (Å²) in [5.41, 5.74) is 2.81. The Morgan fingerprint density at radius 1 is 1.23 bits per heavy atom. The van der Waals surface area contributed by atoms with Crippen LogP contribution in [0.1, 0.15) is 37.1 Å². The monoisotopic (exact) mass is 438 g/mol. The number of rotatable bonds is 2. The topological polar surface area (TPSA) is 84.5 Å². The van der Waals surface area contributed by atoms with E-state index in [-0.39, 0.29) is 24.5 Å². The Kier molecular flexibility index (Phi) is 7.15. The summed E-state index contributed by atoms with van der Waals surface area (Å²) in [7, 11) is 0. The Bertz CT molecular complexity index is 892. The van der Waals surface area contributed by atoms with Crippen molar-refractivity contribution in [2.24, 2.45) is 5.14 Å². The maximum absolute atomic E-state index is 14.3. The van der Waals surface area contributed by atoms with Gasteiger partial charge in [0.2, 0.25) is 5.95 Å². The van der Waals surface area contributed by atoms with Gasteiger partial charge in [-0.25, -0.2) is 9.97 Å². The van der Waals surface area contributed by atoms with E-state index in [0.29, 0.717) is 31.0 Å². The summed E-state index contributed by atoms with van der Waals surface area (Å²) in [5, 5.41) is 14.3. The highest BCUT2D eigenvalue weighted by molar-refractivity contribution is 7.96. The molecule has 3 heterocycles. The van der Waals surface area contributed by atoms with E-state index in [1.165, 1.54) is 11.9 Å². The normalized spacial score (nSPS) is 18.2. The average molecular weight is 439 g/mol. The van der Waals surface area contributed by atoms with Crippen molar-refractivity contribution in [3.63, 3.8) is 0 Å². The molecule has 1 fully saturated rings. The molecular weight excluding hydrogens is 410 g/mol. The molecule has 3 N–H and O–H groups in total. The summed E-state index contributed by atoms with van der Waals surface area (Å²) in [6.07, 6.45) is 2.26. The van der Waals surface area contributed by atoms with E-state index < -0.39 is 12.0 Å². The first-order chi connectivity index (χ1) is 14.4. The lowest BCUT2D eigenvalue weighted by Crippen LogP contribution is -2.51. The predicted molar refractivity (Wildman–Crippen MR) is 116 cm³/mol. The van der Waals surface area contributed by atoms with E-state index in [9.17, 15) is 13.9 Å². The number of ether oxygens (including phenoxy) is 1. The molecule has 0 bridgehead atoms. The first kappa shape index (κ1) is 22.7. The number of aliphatic hydroxyl groups is 1. The number of fused-ring (bicyclic) bond motifs is 2. The van der Waals surface area contributed by atoms with E-state index in [1.54, 1.807) is 4.90 Å². The largest absolute Gasteiger partial charge is 0.493 e. The Labute approximate surface area is 180 Å². The smallest absolute Gasteiger partial charge is 0.290 e. The highest BCUT2D eigenvalue weighted by Crippen LogP contribution is 2.45. The van der Waals surface area contributed by atoms with Crippen LogP contribution in [0.15, 0.2) is 18.2 Å². The molecule has 0 unspecified atom stereocenters. The number of alkyl halides is 2. The van der Waals surface area contributed by atoms with Crippen LogP contribution in [0, 0.1) is 0 Å². The Morgan fingerprint density at radius 3 is 2.60 bits per heavy atom. The number of nitrogens with zero attached hydrogens (tertiary/aromatic N) is 3. The molecular formula is C21H28F2N4O2S. The molecule has 0 radical (unpaired) electrons. The molecule has 1 aromatic heterocycles. The molecule has 1 aromatic carbocycles. The lowest BCUT2D eigenvalue weighted by atomic mass is 10.0. The fraction of sp³-hybridized carbons (Fsp3) is 0.524. The van der Waals surface area contributed by atoms with Gasteiger partial charge < -0.3 is 14.7 Å². The number of halogens is 2. The van der Waals surface area contributed by atoms with Gasteiger partial charge in [0.05, 0.1) is 18.4 Å². The summed E-state index contributed by atoms with van der Waals surface area (Å²) < 4.78 is 34.2. The van der Waals surface area contributed by atoms with Gasteiger partial charge in [0.15, 0.2) is 0 Å². The van der Waals surface area contributed by atoms with Crippen LogP contribution in [0.25, 0.3) is 11.3 Å². The van der Waals surface area contributed by atoms with Gasteiger partial charge in [-0.05, 0) is 24.3 Å². The molecule has 5 rings (SSSR count). The van der Waals surface area contributed by atoms with Crippen LogP contribution in [0.3, 0.4) is 0 Å². The van der Waals surface area contributed by atoms with Crippen molar-refractivity contribution in [1.82, 2.24) is 9.97 Å². The van der Waals surface area contributed by atoms with Crippen LogP contribution in [0.5, 0.6) is 5.75 Å². The highest BCUT2D eigenvalue weighted by Gasteiger charge is 2.44. The zero-order valence-corrected chi connectivity index (χ0v) is 18.3. The third-order valence-corrected chi connectivity index (χ3v) is 5.15. The molecule has 9 heteroatoms. The van der Waals surface area contributed by atoms with Gasteiger partial charge in [-0.15, -0.1) is 0 Å². The first-order valence-electron chi connectivity index (χ1n) is 10.1. The molecule has 2 aliphatic heterocycles. The summed E-state index contributed by atoms with van der Waals surface area (Å²) in [5.74, 6) is -1.86. The molecule has 1 aliphatic carbocycles. The van der Waals surface area contributed by atoms with Crippen LogP contribution >= 0.6 is 11.9 Å². The van der Waals surface area contributed by atoms with E-state index in [4.69, 9.17) is 9.88 Å². The van der Waals surface area contributed by atoms with Crippen molar-refractivity contribution < 1.29 is 18.6 Å². The third kappa shape index (κ3) is 4.38. The molecule has 1 saturated heterocycles. The second-order valence-corrected chi connectivity index (χ2v) is 7.59. The molecule has 2 aromatic rings. The average Bonchev–Trinajstić information content (AvgIpc) is 3.31. The third-order valence-electron chi connectivity index (χ3n) is 5.15. The number of hydrogen-bond acceptors (Lipinski definition) is 7. The van der Waals surface area contributed by atoms with Crippen LogP contribution < -0.4 is 14.8 Å². The lowest BCUT2D eigenvalue weighted by Gasteiger charge is -2.36. The SMILES string of the molecule is CC.CSN.OC1CN(c2nc(-c3ccc4c(c3)OCC4)c3c(n2)C(F)(F)CC3)C1. The second kappa shape index (κ2) is 9.45. The lowest BCUT2D eigenvalue weighted by molar-refractivity contribution is -0.00596. The maximum atomic E-state index is 14.3. The molecule has 0 saturated carbocycles. The molecule has 164 valence electrons. The van der Waals surface area contributed by atoms with Gasteiger partial charge >= 0.3 is 0 Å². The van der Waals surface area contributed by atoms with Crippen molar-refractivity contribution in [3.05, 3.63) is 35.0 Å². The standard InChI is InChI=1S/C18H17F2N3O2.C2H6.CH5NS/c19-18(20)5-3-13-15(11-2-1-10-4-6-25-14(10)7-11)21-17(22-16(13)18)23-8-12(24)9-23;1-2;1-3-2/h1-2,7,12,24H,3-6,8-9H2;1-2H3;2H2,1H3. The van der Waals surface area contributed by atoms with Crippen LogP contribution in [0.4, 0.5) is 14.7 Å². The predicted octanol–water partition coefficient (Wildman–Crippen LogP) is 3.55. The van der Waals surface area contributed by atoms with Gasteiger partial charge in [-0.2, -0.15) is 8.78 Å². The number of β-amino-alcohol motifs (C(OH)–C–C–N with tert-alkyl or cyclic N) is 1. The number of nitrogens with two attached hydrogens (primary N) is 1. The number of anilines is 1. The highest BCUT2D eigenvalue weighted by atomic mass is 32.2. The number of aliphatic hydroxyl groups excluding tert-OH is 1. The number of aromatic nitrogens is 2. The minimum atomic E-state index is -2.93. The summed E-state index contributed by atoms with van der Waals surface area (Å²) in [6.45, 7) is 5.39. The van der Waals surface area contributed by atoms with E-state index in [0.717, 1.165) is 23.3 Å². The zero-order valence-electron chi connectivity index (χ0n) is 17.5. The van der Waals surface area contributed by atoms with Crippen molar-refractivity contribution in [2.75, 3.05) is 30.9 Å². The van der Waals surface area contributed by atoms with Crippen LogP contribution in [-0.4, -0.2) is 47.1 Å². The summed E-state index contributed by atoms with van der Waals surface area (Å²) in [6, 6.07) is 5.78. The van der Waals surface area contributed by atoms with Gasteiger partial charge in [-0.3, -0.25) is 5.14 Å². The number of hydrogen-bond donors (Lipinski definition) is 2. The van der Waals surface area contributed by atoms with Gasteiger partial charge in [-0.1, -0.05) is 37.9 Å². The van der Waals surface area contributed by atoms with Crippen LogP contribution in [-0.2, 0) is 18.8 Å². The molecule has 0 amide bonds.